The number of rotatable bonds is 7. The van der Waals surface area contributed by atoms with E-state index in [0.29, 0.717) is 36.1 Å². The summed E-state index contributed by atoms with van der Waals surface area (Å²) in [5.74, 6) is 0.696. The molecule has 0 aliphatic carbocycles. The summed E-state index contributed by atoms with van der Waals surface area (Å²) < 4.78 is 12.6. The molecule has 1 heterocycles. The molecular weight excluding hydrogens is 336 g/mol. The Hall–Kier alpha value is -3.10. The van der Waals surface area contributed by atoms with Gasteiger partial charge < -0.3 is 19.4 Å². The van der Waals surface area contributed by atoms with Crippen molar-refractivity contribution in [3.05, 3.63) is 48.0 Å². The number of nitrogens with one attached hydrogen (secondary N) is 2. The quantitative estimate of drug-likeness (QED) is 0.445. The van der Waals surface area contributed by atoms with E-state index in [4.69, 9.17) is 14.7 Å². The molecule has 0 unspecified atom stereocenters. The Balaban J connectivity index is 2.02. The maximum Gasteiger partial charge on any atom is 0.274 e. The highest BCUT2D eigenvalue weighted by atomic mass is 16.5. The van der Waals surface area contributed by atoms with Crippen LogP contribution in [0.3, 0.4) is 0 Å². The Kier molecular flexibility index (Phi) is 5.35. The van der Waals surface area contributed by atoms with Gasteiger partial charge in [0.25, 0.3) is 5.91 Å². The van der Waals surface area contributed by atoms with E-state index in [1.54, 1.807) is 37.9 Å². The van der Waals surface area contributed by atoms with Crippen molar-refractivity contribution in [2.45, 2.75) is 6.54 Å². The van der Waals surface area contributed by atoms with Gasteiger partial charge in [0.05, 0.1) is 19.2 Å². The number of fused-ring (bicyclic) bond motifs is 1. The first-order valence-electron chi connectivity index (χ1n) is 8.01. The van der Waals surface area contributed by atoms with Gasteiger partial charge in [-0.1, -0.05) is 12.1 Å². The molecule has 0 saturated carbocycles. The highest BCUT2D eigenvalue weighted by Crippen LogP contribution is 2.29. The molecule has 0 aliphatic rings. The number of anilines is 2. The Bertz CT molecular complexity index is 923. The zero-order valence-electron chi connectivity index (χ0n) is 14.5. The van der Waals surface area contributed by atoms with Crippen LogP contribution in [0.25, 0.3) is 11.0 Å². The molecule has 3 aromatic rings. The number of hydroxylamine groups is 1. The van der Waals surface area contributed by atoms with Crippen molar-refractivity contribution in [3.8, 4) is 5.75 Å². The molecule has 0 aliphatic heterocycles. The smallest absolute Gasteiger partial charge is 0.274 e. The van der Waals surface area contributed by atoms with Crippen LogP contribution in [0.5, 0.6) is 5.75 Å². The molecule has 1 aromatic heterocycles. The van der Waals surface area contributed by atoms with Crippen LogP contribution in [0.1, 0.15) is 10.4 Å². The number of hydrogen-bond donors (Lipinski definition) is 3. The number of nitrogens with zero attached hydrogens (tertiary/aromatic N) is 2. The number of benzene rings is 2. The van der Waals surface area contributed by atoms with E-state index >= 15 is 0 Å². The summed E-state index contributed by atoms with van der Waals surface area (Å²) in [5, 5.41) is 12.0. The van der Waals surface area contributed by atoms with Gasteiger partial charge in [-0.25, -0.2) is 10.5 Å². The van der Waals surface area contributed by atoms with Gasteiger partial charge in [0.2, 0.25) is 5.95 Å². The average Bonchev–Trinajstić information content (AvgIpc) is 3.02. The van der Waals surface area contributed by atoms with Gasteiger partial charge in [-0.05, 0) is 30.3 Å². The fourth-order valence-corrected chi connectivity index (χ4v) is 2.72. The van der Waals surface area contributed by atoms with Crippen molar-refractivity contribution in [2.24, 2.45) is 0 Å². The third-order valence-electron chi connectivity index (χ3n) is 3.96. The third kappa shape index (κ3) is 3.46. The summed E-state index contributed by atoms with van der Waals surface area (Å²) in [7, 11) is 3.25. The number of imidazole rings is 1. The second-order valence-electron chi connectivity index (χ2n) is 5.55. The SMILES string of the molecule is COCCn1c(Nc2cccc(C(=O)NO)c2)nc2c(OC)cccc21. The highest BCUT2D eigenvalue weighted by Gasteiger charge is 2.15. The van der Waals surface area contributed by atoms with Crippen molar-refractivity contribution in [3.63, 3.8) is 0 Å². The minimum absolute atomic E-state index is 0.328. The number of ether oxygens (including phenoxy) is 2. The maximum atomic E-state index is 11.6. The monoisotopic (exact) mass is 356 g/mol. The summed E-state index contributed by atoms with van der Waals surface area (Å²) in [6.45, 7) is 1.11. The van der Waals surface area contributed by atoms with Crippen LogP contribution in [-0.2, 0) is 11.3 Å². The molecule has 0 atom stereocenters. The second-order valence-corrected chi connectivity index (χ2v) is 5.55. The van der Waals surface area contributed by atoms with Crippen LogP contribution in [0.4, 0.5) is 11.6 Å². The predicted octanol–water partition coefficient (Wildman–Crippen LogP) is 2.55. The van der Waals surface area contributed by atoms with Crippen LogP contribution < -0.4 is 15.5 Å². The van der Waals surface area contributed by atoms with Crippen molar-refractivity contribution < 1.29 is 19.5 Å². The van der Waals surface area contributed by atoms with E-state index in [-0.39, 0.29) is 0 Å². The Morgan fingerprint density at radius 3 is 2.77 bits per heavy atom. The topological polar surface area (TPSA) is 97.6 Å². The largest absolute Gasteiger partial charge is 0.494 e. The molecule has 26 heavy (non-hydrogen) atoms. The lowest BCUT2D eigenvalue weighted by Crippen LogP contribution is -2.18. The summed E-state index contributed by atoms with van der Waals surface area (Å²) in [5.41, 5.74) is 4.27. The number of carbonyl (C=O) groups excluding carboxylic acids is 1. The summed E-state index contributed by atoms with van der Waals surface area (Å²) in [6.07, 6.45) is 0. The van der Waals surface area contributed by atoms with Crippen LogP contribution in [-0.4, -0.2) is 41.5 Å². The summed E-state index contributed by atoms with van der Waals surface area (Å²) in [4.78, 5) is 16.3. The molecular formula is C18H20N4O4. The molecule has 2 aromatic carbocycles. The molecule has 8 heteroatoms. The molecule has 136 valence electrons. The van der Waals surface area contributed by atoms with Gasteiger partial charge in [0.1, 0.15) is 11.3 Å². The van der Waals surface area contributed by atoms with E-state index in [0.717, 1.165) is 11.0 Å². The third-order valence-corrected chi connectivity index (χ3v) is 3.96. The average molecular weight is 356 g/mol. The van der Waals surface area contributed by atoms with Crippen LogP contribution in [0.2, 0.25) is 0 Å². The first-order valence-corrected chi connectivity index (χ1v) is 8.01. The maximum absolute atomic E-state index is 11.6. The Labute approximate surface area is 150 Å². The van der Waals surface area contributed by atoms with Crippen molar-refractivity contribution in [1.29, 1.82) is 0 Å². The molecule has 0 radical (unpaired) electrons. The normalized spacial score (nSPS) is 10.7. The van der Waals surface area contributed by atoms with Crippen LogP contribution in [0, 0.1) is 0 Å². The molecule has 8 nitrogen and oxygen atoms in total. The van der Waals surface area contributed by atoms with E-state index < -0.39 is 5.91 Å². The lowest BCUT2D eigenvalue weighted by Gasteiger charge is -2.11. The zero-order chi connectivity index (χ0) is 18.5. The predicted molar refractivity (Wildman–Crippen MR) is 97.1 cm³/mol. The number of hydrogen-bond acceptors (Lipinski definition) is 6. The second kappa shape index (κ2) is 7.85. The highest BCUT2D eigenvalue weighted by molar-refractivity contribution is 5.94. The number of methoxy groups -OCH3 is 2. The van der Waals surface area contributed by atoms with Crippen molar-refractivity contribution >= 4 is 28.6 Å². The van der Waals surface area contributed by atoms with Crippen molar-refractivity contribution in [2.75, 3.05) is 26.1 Å². The molecule has 0 saturated heterocycles. The van der Waals surface area contributed by atoms with E-state index in [2.05, 4.69) is 10.3 Å². The van der Waals surface area contributed by atoms with E-state index in [1.807, 2.05) is 28.8 Å². The van der Waals surface area contributed by atoms with E-state index in [1.165, 1.54) is 0 Å². The van der Waals surface area contributed by atoms with Gasteiger partial charge in [-0.15, -0.1) is 0 Å². The van der Waals surface area contributed by atoms with Crippen LogP contribution >= 0.6 is 0 Å². The summed E-state index contributed by atoms with van der Waals surface area (Å²) >= 11 is 0. The van der Waals surface area contributed by atoms with E-state index in [9.17, 15) is 4.79 Å². The van der Waals surface area contributed by atoms with Gasteiger partial charge in [0, 0.05) is 24.9 Å². The fourth-order valence-electron chi connectivity index (χ4n) is 2.72. The molecule has 0 spiro atoms. The van der Waals surface area contributed by atoms with Gasteiger partial charge in [-0.2, -0.15) is 0 Å². The number of para-hydroxylation sites is 1. The number of aromatic nitrogens is 2. The fraction of sp³-hybridized carbons (Fsp3) is 0.222. The Morgan fingerprint density at radius 1 is 1.23 bits per heavy atom. The zero-order valence-corrected chi connectivity index (χ0v) is 14.5. The first kappa shape index (κ1) is 17.7. The standard InChI is InChI=1S/C18H20N4O4/c1-25-10-9-22-14-7-4-8-15(26-2)16(14)20-18(22)19-13-6-3-5-12(11-13)17(23)21-24/h3-8,11,24H,9-10H2,1-2H3,(H,19,20)(H,21,23). The lowest BCUT2D eigenvalue weighted by molar-refractivity contribution is 0.0706. The summed E-state index contributed by atoms with van der Waals surface area (Å²) in [6, 6.07) is 12.5. The molecule has 0 fully saturated rings. The molecule has 3 rings (SSSR count). The number of amides is 1. The van der Waals surface area contributed by atoms with Gasteiger partial charge in [-0.3, -0.25) is 10.0 Å². The lowest BCUT2D eigenvalue weighted by atomic mass is 10.2. The van der Waals surface area contributed by atoms with Crippen molar-refractivity contribution in [1.82, 2.24) is 15.0 Å². The first-order chi connectivity index (χ1) is 12.7. The van der Waals surface area contributed by atoms with Gasteiger partial charge >= 0.3 is 0 Å². The molecule has 0 bridgehead atoms. The minimum Gasteiger partial charge on any atom is -0.494 e. The van der Waals surface area contributed by atoms with Crippen LogP contribution in [0.15, 0.2) is 42.5 Å². The molecule has 1 amide bonds. The van der Waals surface area contributed by atoms with Gasteiger partial charge in [0.15, 0.2) is 0 Å². The number of carbonyl (C=O) groups is 1. The minimum atomic E-state index is -0.580. The molecule has 3 N–H and O–H groups in total. The Morgan fingerprint density at radius 2 is 2.04 bits per heavy atom.